The van der Waals surface area contributed by atoms with Crippen LogP contribution in [0.25, 0.3) is 11.5 Å². The van der Waals surface area contributed by atoms with Gasteiger partial charge in [-0.25, -0.2) is 0 Å². The van der Waals surface area contributed by atoms with Crippen LogP contribution in [0.2, 0.25) is 0 Å². The summed E-state index contributed by atoms with van der Waals surface area (Å²) in [6.07, 6.45) is 2.15. The van der Waals surface area contributed by atoms with E-state index >= 15 is 0 Å². The van der Waals surface area contributed by atoms with Crippen molar-refractivity contribution in [3.8, 4) is 11.5 Å². The Morgan fingerprint density at radius 3 is 2.46 bits per heavy atom. The Bertz CT molecular complexity index is 757. The molecule has 124 valence electrons. The fourth-order valence-electron chi connectivity index (χ4n) is 2.47. The highest BCUT2D eigenvalue weighted by atomic mass is 32.2. The van der Waals surface area contributed by atoms with E-state index in [2.05, 4.69) is 41.4 Å². The lowest BCUT2D eigenvalue weighted by atomic mass is 10.1. The first-order valence-corrected chi connectivity index (χ1v) is 8.93. The summed E-state index contributed by atoms with van der Waals surface area (Å²) < 4.78 is 5.82. The molecule has 0 spiro atoms. The van der Waals surface area contributed by atoms with Crippen molar-refractivity contribution in [3.05, 3.63) is 65.7 Å². The van der Waals surface area contributed by atoms with Gasteiger partial charge in [0.05, 0.1) is 6.61 Å². The topological polar surface area (TPSA) is 59.2 Å². The molecule has 2 aromatic carbocycles. The molecule has 1 atom stereocenters. The SMILES string of the molecule is CCCC(Sc1nnc(-c2ccc(CO)cc2)o1)c1ccccc1. The third-order valence-electron chi connectivity index (χ3n) is 3.76. The van der Waals surface area contributed by atoms with Crippen molar-refractivity contribution in [2.75, 3.05) is 0 Å². The Labute approximate surface area is 145 Å². The molecule has 3 rings (SSSR count). The number of aliphatic hydroxyl groups is 1. The van der Waals surface area contributed by atoms with Gasteiger partial charge < -0.3 is 9.52 Å². The van der Waals surface area contributed by atoms with Crippen LogP contribution in [0, 0.1) is 0 Å². The van der Waals surface area contributed by atoms with Gasteiger partial charge in [-0.3, -0.25) is 0 Å². The molecule has 0 aliphatic heterocycles. The number of benzene rings is 2. The lowest BCUT2D eigenvalue weighted by Gasteiger charge is -2.13. The number of hydrogen-bond acceptors (Lipinski definition) is 5. The average Bonchev–Trinajstić information content (AvgIpc) is 3.11. The maximum absolute atomic E-state index is 9.11. The van der Waals surface area contributed by atoms with Crippen molar-refractivity contribution in [3.63, 3.8) is 0 Å². The molecular weight excluding hydrogens is 320 g/mol. The van der Waals surface area contributed by atoms with Gasteiger partial charge in [-0.1, -0.05) is 67.6 Å². The van der Waals surface area contributed by atoms with Crippen LogP contribution < -0.4 is 0 Å². The van der Waals surface area contributed by atoms with E-state index in [1.165, 1.54) is 5.56 Å². The van der Waals surface area contributed by atoms with Crippen molar-refractivity contribution in [2.24, 2.45) is 0 Å². The molecule has 0 aliphatic rings. The zero-order chi connectivity index (χ0) is 16.8. The minimum Gasteiger partial charge on any atom is -0.411 e. The first-order valence-electron chi connectivity index (χ1n) is 8.05. The molecule has 0 fully saturated rings. The Balaban J connectivity index is 1.76. The van der Waals surface area contributed by atoms with Gasteiger partial charge in [0.25, 0.3) is 5.22 Å². The lowest BCUT2D eigenvalue weighted by molar-refractivity contribution is 0.282. The summed E-state index contributed by atoms with van der Waals surface area (Å²) in [5.74, 6) is 0.505. The molecule has 24 heavy (non-hydrogen) atoms. The van der Waals surface area contributed by atoms with Gasteiger partial charge in [-0.2, -0.15) is 0 Å². The molecule has 4 nitrogen and oxygen atoms in total. The van der Waals surface area contributed by atoms with Crippen LogP contribution in [0.4, 0.5) is 0 Å². The Kier molecular flexibility index (Phi) is 5.67. The molecule has 0 amide bonds. The number of nitrogens with zero attached hydrogens (tertiary/aromatic N) is 2. The molecule has 0 aliphatic carbocycles. The van der Waals surface area contributed by atoms with Gasteiger partial charge in [0, 0.05) is 10.8 Å². The maximum Gasteiger partial charge on any atom is 0.277 e. The van der Waals surface area contributed by atoms with E-state index in [0.29, 0.717) is 16.4 Å². The van der Waals surface area contributed by atoms with Crippen molar-refractivity contribution in [1.82, 2.24) is 10.2 Å². The van der Waals surface area contributed by atoms with Gasteiger partial charge in [0.2, 0.25) is 5.89 Å². The number of hydrogen-bond donors (Lipinski definition) is 1. The summed E-state index contributed by atoms with van der Waals surface area (Å²) in [7, 11) is 0. The minimum atomic E-state index is 0.0288. The minimum absolute atomic E-state index is 0.0288. The lowest BCUT2D eigenvalue weighted by Crippen LogP contribution is -1.93. The van der Waals surface area contributed by atoms with Crippen LogP contribution in [0.5, 0.6) is 0 Å². The molecule has 1 N–H and O–H groups in total. The standard InChI is InChI=1S/C19H20N2O2S/c1-2-6-17(15-7-4-3-5-8-15)24-19-21-20-18(23-19)16-11-9-14(13-22)10-12-16/h3-5,7-12,17,22H,2,6,13H2,1H3. The van der Waals surface area contributed by atoms with E-state index in [1.54, 1.807) is 11.8 Å². The highest BCUT2D eigenvalue weighted by Crippen LogP contribution is 2.38. The number of aliphatic hydroxyl groups excluding tert-OH is 1. The fraction of sp³-hybridized carbons (Fsp3) is 0.263. The van der Waals surface area contributed by atoms with E-state index in [1.807, 2.05) is 30.3 Å². The molecule has 0 radical (unpaired) electrons. The molecule has 0 saturated heterocycles. The molecule has 0 saturated carbocycles. The normalized spacial score (nSPS) is 12.2. The number of thioether (sulfide) groups is 1. The first-order chi connectivity index (χ1) is 11.8. The third kappa shape index (κ3) is 4.04. The predicted molar refractivity (Wildman–Crippen MR) is 95.6 cm³/mol. The summed E-state index contributed by atoms with van der Waals surface area (Å²) in [4.78, 5) is 0. The second-order valence-electron chi connectivity index (χ2n) is 5.53. The van der Waals surface area contributed by atoms with Crippen LogP contribution in [-0.4, -0.2) is 15.3 Å². The van der Waals surface area contributed by atoms with E-state index < -0.39 is 0 Å². The van der Waals surface area contributed by atoms with Gasteiger partial charge in [0.1, 0.15) is 0 Å². The van der Waals surface area contributed by atoms with Gasteiger partial charge in [0.15, 0.2) is 0 Å². The average molecular weight is 340 g/mol. The van der Waals surface area contributed by atoms with E-state index in [-0.39, 0.29) is 6.61 Å². The smallest absolute Gasteiger partial charge is 0.277 e. The van der Waals surface area contributed by atoms with Gasteiger partial charge >= 0.3 is 0 Å². The quantitative estimate of drug-likeness (QED) is 0.622. The summed E-state index contributed by atoms with van der Waals surface area (Å²) in [6.45, 7) is 2.21. The van der Waals surface area contributed by atoms with E-state index in [4.69, 9.17) is 9.52 Å². The summed E-state index contributed by atoms with van der Waals surface area (Å²) in [5.41, 5.74) is 3.00. The molecule has 3 aromatic rings. The largest absolute Gasteiger partial charge is 0.411 e. The third-order valence-corrected chi connectivity index (χ3v) is 4.91. The second kappa shape index (κ2) is 8.13. The van der Waals surface area contributed by atoms with Crippen molar-refractivity contribution in [1.29, 1.82) is 0 Å². The van der Waals surface area contributed by atoms with Crippen molar-refractivity contribution < 1.29 is 9.52 Å². The van der Waals surface area contributed by atoms with Crippen LogP contribution in [0.1, 0.15) is 36.1 Å². The van der Waals surface area contributed by atoms with Crippen molar-refractivity contribution >= 4 is 11.8 Å². The number of rotatable bonds is 7. The first kappa shape index (κ1) is 16.7. The molecule has 1 heterocycles. The molecule has 5 heteroatoms. The zero-order valence-electron chi connectivity index (χ0n) is 13.6. The molecule has 1 unspecified atom stereocenters. The summed E-state index contributed by atoms with van der Waals surface area (Å²) >= 11 is 1.61. The Hall–Kier alpha value is -2.11. The van der Waals surface area contributed by atoms with E-state index in [0.717, 1.165) is 24.0 Å². The Morgan fingerprint density at radius 1 is 1.04 bits per heavy atom. The van der Waals surface area contributed by atoms with Crippen LogP contribution in [0.3, 0.4) is 0 Å². The predicted octanol–water partition coefficient (Wildman–Crippen LogP) is 4.86. The Morgan fingerprint density at radius 2 is 1.79 bits per heavy atom. The highest BCUT2D eigenvalue weighted by molar-refractivity contribution is 7.99. The molecule has 0 bridgehead atoms. The summed E-state index contributed by atoms with van der Waals surface area (Å²) in [6, 6.07) is 17.9. The highest BCUT2D eigenvalue weighted by Gasteiger charge is 2.17. The zero-order valence-corrected chi connectivity index (χ0v) is 14.4. The van der Waals surface area contributed by atoms with Crippen molar-refractivity contribution in [2.45, 2.75) is 36.8 Å². The maximum atomic E-state index is 9.11. The van der Waals surface area contributed by atoms with Crippen LogP contribution >= 0.6 is 11.8 Å². The van der Waals surface area contributed by atoms with Crippen LogP contribution in [0.15, 0.2) is 64.2 Å². The number of aromatic nitrogens is 2. The monoisotopic (exact) mass is 340 g/mol. The van der Waals surface area contributed by atoms with Gasteiger partial charge in [-0.05, 0) is 29.7 Å². The molecular formula is C19H20N2O2S. The van der Waals surface area contributed by atoms with Gasteiger partial charge in [-0.15, -0.1) is 10.2 Å². The fourth-order valence-corrected chi connectivity index (χ4v) is 3.58. The van der Waals surface area contributed by atoms with E-state index in [9.17, 15) is 0 Å². The van der Waals surface area contributed by atoms with Crippen LogP contribution in [-0.2, 0) is 6.61 Å². The molecule has 1 aromatic heterocycles. The summed E-state index contributed by atoms with van der Waals surface area (Å²) in [5, 5.41) is 18.3. The second-order valence-corrected chi connectivity index (χ2v) is 6.69.